The van der Waals surface area contributed by atoms with Crippen LogP contribution in [0.25, 0.3) is 0 Å². The molecule has 2 saturated heterocycles. The van der Waals surface area contributed by atoms with Crippen LogP contribution in [0.1, 0.15) is 42.1 Å². The summed E-state index contributed by atoms with van der Waals surface area (Å²) < 4.78 is 6.93. The number of pyridine rings is 1. The molecule has 0 saturated carbocycles. The van der Waals surface area contributed by atoms with Gasteiger partial charge in [-0.25, -0.2) is 0 Å². The molecule has 6 nitrogen and oxygen atoms in total. The molecule has 3 heterocycles. The molecule has 1 amide bonds. The Morgan fingerprint density at radius 3 is 2.62 bits per heavy atom. The van der Waals surface area contributed by atoms with Gasteiger partial charge in [-0.05, 0) is 44.2 Å². The molecular formula is C23H26N2O4. The Morgan fingerprint density at radius 2 is 1.93 bits per heavy atom. The van der Waals surface area contributed by atoms with Crippen LogP contribution in [0.15, 0.2) is 53.5 Å². The second-order valence-electron chi connectivity index (χ2n) is 8.07. The molecule has 152 valence electrons. The van der Waals surface area contributed by atoms with Crippen molar-refractivity contribution in [3.05, 3.63) is 70.1 Å². The van der Waals surface area contributed by atoms with E-state index in [1.807, 2.05) is 42.2 Å². The third-order valence-corrected chi connectivity index (χ3v) is 6.37. The standard InChI is InChI=1S/C23H26N2O4/c1-3-29-22(28)23(14-16-7-5-4-6-8-16)15-18-9-10-19(23)25(18)21(27)17-11-12-24(2)20(26)13-17/h4-8,11-13,18-19H,3,9-10,14-15H2,1-2H3/t18-,19+,23+/m1/s1. The van der Waals surface area contributed by atoms with E-state index in [2.05, 4.69) is 0 Å². The van der Waals surface area contributed by atoms with Gasteiger partial charge in [0.1, 0.15) is 0 Å². The Balaban J connectivity index is 1.70. The maximum absolute atomic E-state index is 13.3. The van der Waals surface area contributed by atoms with E-state index < -0.39 is 5.41 Å². The highest BCUT2D eigenvalue weighted by Crippen LogP contribution is 2.52. The van der Waals surface area contributed by atoms with Gasteiger partial charge in [-0.15, -0.1) is 0 Å². The number of ether oxygens (including phenoxy) is 1. The second-order valence-corrected chi connectivity index (χ2v) is 8.07. The largest absolute Gasteiger partial charge is 0.465 e. The Bertz CT molecular complexity index is 984. The zero-order valence-corrected chi connectivity index (χ0v) is 16.8. The van der Waals surface area contributed by atoms with Crippen molar-refractivity contribution >= 4 is 11.9 Å². The first-order chi connectivity index (χ1) is 14.0. The number of hydrogen-bond acceptors (Lipinski definition) is 4. The first kappa shape index (κ1) is 19.4. The molecule has 29 heavy (non-hydrogen) atoms. The Hall–Kier alpha value is -2.89. The van der Waals surface area contributed by atoms with Crippen LogP contribution >= 0.6 is 0 Å². The van der Waals surface area contributed by atoms with Gasteiger partial charge in [0.15, 0.2) is 0 Å². The van der Waals surface area contributed by atoms with Crippen LogP contribution in [0.5, 0.6) is 0 Å². The molecule has 0 spiro atoms. The molecule has 1 aromatic carbocycles. The Morgan fingerprint density at radius 1 is 1.17 bits per heavy atom. The summed E-state index contributed by atoms with van der Waals surface area (Å²) in [6, 6.07) is 12.7. The van der Waals surface area contributed by atoms with Crippen molar-refractivity contribution in [3.8, 4) is 0 Å². The van der Waals surface area contributed by atoms with Crippen molar-refractivity contribution in [2.45, 2.75) is 44.7 Å². The molecule has 6 heteroatoms. The van der Waals surface area contributed by atoms with Gasteiger partial charge in [0.2, 0.25) is 0 Å². The number of amides is 1. The number of esters is 1. The number of nitrogens with zero attached hydrogens (tertiary/aromatic N) is 2. The van der Waals surface area contributed by atoms with Gasteiger partial charge in [0.05, 0.1) is 12.0 Å². The zero-order chi connectivity index (χ0) is 20.6. The number of hydrogen-bond donors (Lipinski definition) is 0. The van der Waals surface area contributed by atoms with Crippen molar-refractivity contribution in [2.24, 2.45) is 12.5 Å². The van der Waals surface area contributed by atoms with E-state index in [4.69, 9.17) is 4.74 Å². The molecule has 4 rings (SSSR count). The van der Waals surface area contributed by atoms with Gasteiger partial charge in [0, 0.05) is 37.0 Å². The van der Waals surface area contributed by atoms with Gasteiger partial charge in [-0.3, -0.25) is 14.4 Å². The van der Waals surface area contributed by atoms with Crippen molar-refractivity contribution < 1.29 is 14.3 Å². The predicted molar refractivity (Wildman–Crippen MR) is 108 cm³/mol. The normalized spacial score (nSPS) is 25.2. The fraction of sp³-hybridized carbons (Fsp3) is 0.435. The summed E-state index contributed by atoms with van der Waals surface area (Å²) in [6.07, 6.45) is 4.40. The highest BCUT2D eigenvalue weighted by Gasteiger charge is 2.62. The Kier molecular flexibility index (Phi) is 5.03. The average Bonchev–Trinajstić information content (AvgIpc) is 3.27. The zero-order valence-electron chi connectivity index (χ0n) is 16.8. The quantitative estimate of drug-likeness (QED) is 0.731. The molecule has 2 aliphatic heterocycles. The van der Waals surface area contributed by atoms with E-state index in [9.17, 15) is 14.4 Å². The molecule has 2 fully saturated rings. The fourth-order valence-electron chi connectivity index (χ4n) is 5.04. The van der Waals surface area contributed by atoms with Gasteiger partial charge in [-0.1, -0.05) is 30.3 Å². The molecule has 2 aromatic rings. The predicted octanol–water partition coefficient (Wildman–Crippen LogP) is 2.55. The van der Waals surface area contributed by atoms with Crippen LogP contribution in [-0.4, -0.2) is 40.0 Å². The monoisotopic (exact) mass is 394 g/mol. The minimum Gasteiger partial charge on any atom is -0.465 e. The number of carbonyl (C=O) groups is 2. The molecule has 0 N–H and O–H groups in total. The van der Waals surface area contributed by atoms with E-state index in [0.717, 1.165) is 18.4 Å². The van der Waals surface area contributed by atoms with Gasteiger partial charge in [-0.2, -0.15) is 0 Å². The van der Waals surface area contributed by atoms with E-state index in [0.29, 0.717) is 25.0 Å². The first-order valence-electron chi connectivity index (χ1n) is 10.2. The van der Waals surface area contributed by atoms with E-state index in [1.54, 1.807) is 19.3 Å². The smallest absolute Gasteiger partial charge is 0.314 e. The second kappa shape index (κ2) is 7.50. The lowest BCUT2D eigenvalue weighted by Crippen LogP contribution is -2.47. The molecule has 0 radical (unpaired) electrons. The van der Waals surface area contributed by atoms with Crippen molar-refractivity contribution in [3.63, 3.8) is 0 Å². The van der Waals surface area contributed by atoms with E-state index in [1.165, 1.54) is 10.6 Å². The van der Waals surface area contributed by atoms with Crippen molar-refractivity contribution in [1.29, 1.82) is 0 Å². The maximum atomic E-state index is 13.3. The molecule has 3 atom stereocenters. The third kappa shape index (κ3) is 3.26. The topological polar surface area (TPSA) is 68.6 Å². The number of benzene rings is 1. The van der Waals surface area contributed by atoms with Crippen molar-refractivity contribution in [2.75, 3.05) is 6.61 Å². The molecular weight excluding hydrogens is 368 g/mol. The van der Waals surface area contributed by atoms with Crippen LogP contribution in [-0.2, 0) is 23.0 Å². The minimum absolute atomic E-state index is 0.00956. The van der Waals surface area contributed by atoms with Gasteiger partial charge >= 0.3 is 5.97 Å². The summed E-state index contributed by atoms with van der Waals surface area (Å²) in [5.74, 6) is -0.396. The maximum Gasteiger partial charge on any atom is 0.314 e. The molecule has 2 bridgehead atoms. The Labute approximate surface area is 170 Å². The van der Waals surface area contributed by atoms with Crippen LogP contribution in [0.2, 0.25) is 0 Å². The number of aromatic nitrogens is 1. The summed E-state index contributed by atoms with van der Waals surface area (Å²) in [4.78, 5) is 40.3. The summed E-state index contributed by atoms with van der Waals surface area (Å²) in [6.45, 7) is 2.12. The lowest BCUT2D eigenvalue weighted by molar-refractivity contribution is -0.157. The summed E-state index contributed by atoms with van der Waals surface area (Å²) in [7, 11) is 1.65. The van der Waals surface area contributed by atoms with Crippen molar-refractivity contribution in [1.82, 2.24) is 9.47 Å². The highest BCUT2D eigenvalue weighted by molar-refractivity contribution is 5.96. The lowest BCUT2D eigenvalue weighted by Gasteiger charge is -2.35. The average molecular weight is 394 g/mol. The number of fused-ring (bicyclic) bond motifs is 2. The third-order valence-electron chi connectivity index (χ3n) is 6.37. The van der Waals surface area contributed by atoms with Gasteiger partial charge in [0.25, 0.3) is 11.5 Å². The number of rotatable bonds is 5. The highest BCUT2D eigenvalue weighted by atomic mass is 16.5. The van der Waals surface area contributed by atoms with Crippen LogP contribution in [0.4, 0.5) is 0 Å². The van der Waals surface area contributed by atoms with Gasteiger partial charge < -0.3 is 14.2 Å². The lowest BCUT2D eigenvalue weighted by atomic mass is 9.70. The molecule has 1 aromatic heterocycles. The fourth-order valence-corrected chi connectivity index (χ4v) is 5.04. The molecule has 0 aliphatic carbocycles. The number of aryl methyl sites for hydroxylation is 1. The number of carbonyl (C=O) groups excluding carboxylic acids is 2. The van der Waals surface area contributed by atoms with E-state index in [-0.39, 0.29) is 29.5 Å². The minimum atomic E-state index is -0.740. The van der Waals surface area contributed by atoms with Crippen LogP contribution in [0.3, 0.4) is 0 Å². The molecule has 2 aliphatic rings. The summed E-state index contributed by atoms with van der Waals surface area (Å²) >= 11 is 0. The summed E-state index contributed by atoms with van der Waals surface area (Å²) in [5, 5.41) is 0. The SMILES string of the molecule is CCOC(=O)[C@@]1(Cc2ccccc2)C[C@H]2CC[C@@H]1N2C(=O)c1ccn(C)c(=O)c1. The van der Waals surface area contributed by atoms with Crippen LogP contribution < -0.4 is 5.56 Å². The molecule has 0 unspecified atom stereocenters. The first-order valence-corrected chi connectivity index (χ1v) is 10.2. The van der Waals surface area contributed by atoms with Crippen LogP contribution in [0, 0.1) is 5.41 Å². The summed E-state index contributed by atoms with van der Waals surface area (Å²) in [5.41, 5.74) is 0.483. The van der Waals surface area contributed by atoms with E-state index >= 15 is 0 Å².